The molecule has 0 bridgehead atoms. The van der Waals surface area contributed by atoms with E-state index in [9.17, 15) is 4.79 Å². The molecule has 0 fully saturated rings. The Morgan fingerprint density at radius 1 is 1.30 bits per heavy atom. The fourth-order valence-corrected chi connectivity index (χ4v) is 2.30. The Morgan fingerprint density at radius 2 is 2.10 bits per heavy atom. The second-order valence-electron chi connectivity index (χ2n) is 3.98. The predicted molar refractivity (Wildman–Crippen MR) is 78.3 cm³/mol. The minimum absolute atomic E-state index is 0.0532. The number of carbonyl (C=O) groups is 1. The van der Waals surface area contributed by atoms with E-state index in [2.05, 4.69) is 22.1 Å². The molecule has 0 aliphatic heterocycles. The number of aliphatic hydroxyl groups excluding tert-OH is 1. The van der Waals surface area contributed by atoms with E-state index in [1.165, 1.54) is 11.3 Å². The molecular weight excluding hydrogens is 272 g/mol. The van der Waals surface area contributed by atoms with Gasteiger partial charge in [-0.3, -0.25) is 9.78 Å². The van der Waals surface area contributed by atoms with Crippen molar-refractivity contribution in [3.8, 4) is 11.8 Å². The van der Waals surface area contributed by atoms with E-state index >= 15 is 0 Å². The van der Waals surface area contributed by atoms with Crippen LogP contribution in [0.25, 0.3) is 0 Å². The maximum absolute atomic E-state index is 12.0. The van der Waals surface area contributed by atoms with Crippen molar-refractivity contribution in [3.05, 3.63) is 52.0 Å². The van der Waals surface area contributed by atoms with Crippen molar-refractivity contribution in [2.75, 3.05) is 6.61 Å². The third-order valence-electron chi connectivity index (χ3n) is 2.48. The van der Waals surface area contributed by atoms with Crippen LogP contribution in [-0.4, -0.2) is 22.6 Å². The fourth-order valence-electron chi connectivity index (χ4n) is 1.50. The molecule has 0 radical (unpaired) electrons. The number of amides is 1. The molecule has 1 amide bonds. The van der Waals surface area contributed by atoms with Gasteiger partial charge < -0.3 is 10.4 Å². The van der Waals surface area contributed by atoms with Crippen molar-refractivity contribution in [1.82, 2.24) is 10.3 Å². The van der Waals surface area contributed by atoms with Crippen molar-refractivity contribution in [3.63, 3.8) is 0 Å². The van der Waals surface area contributed by atoms with Gasteiger partial charge in [-0.1, -0.05) is 11.8 Å². The molecule has 102 valence electrons. The molecule has 0 atom stereocenters. The zero-order chi connectivity index (χ0) is 14.2. The first kappa shape index (κ1) is 14.3. The monoisotopic (exact) mass is 286 g/mol. The number of aromatic nitrogens is 1. The summed E-state index contributed by atoms with van der Waals surface area (Å²) in [4.78, 5) is 17.3. The first-order chi connectivity index (χ1) is 9.79. The quantitative estimate of drug-likeness (QED) is 0.843. The van der Waals surface area contributed by atoms with Crippen LogP contribution >= 0.6 is 11.3 Å². The largest absolute Gasteiger partial charge is 0.395 e. The average Bonchev–Trinajstić information content (AvgIpc) is 2.95. The topological polar surface area (TPSA) is 62.2 Å². The number of aliphatic hydroxyl groups is 1. The molecule has 0 saturated carbocycles. The molecule has 2 rings (SSSR count). The normalized spacial score (nSPS) is 9.65. The number of nitrogens with zero attached hydrogens (tertiary/aromatic N) is 1. The number of thiophene rings is 1. The molecule has 4 nitrogen and oxygen atoms in total. The van der Waals surface area contributed by atoms with Crippen LogP contribution in [0, 0.1) is 11.8 Å². The zero-order valence-electron chi connectivity index (χ0n) is 10.8. The minimum Gasteiger partial charge on any atom is -0.395 e. The van der Waals surface area contributed by atoms with Crippen LogP contribution in [0.5, 0.6) is 0 Å². The van der Waals surface area contributed by atoms with Crippen molar-refractivity contribution < 1.29 is 9.90 Å². The SMILES string of the molecule is O=C(NCc1ccncc1)c1ccc(C#CCCO)s1. The average molecular weight is 286 g/mol. The summed E-state index contributed by atoms with van der Waals surface area (Å²) in [5.41, 5.74) is 1.01. The Bertz CT molecular complexity index is 626. The second-order valence-corrected chi connectivity index (χ2v) is 5.06. The van der Waals surface area contributed by atoms with Gasteiger partial charge in [0.15, 0.2) is 0 Å². The van der Waals surface area contributed by atoms with Gasteiger partial charge in [0.25, 0.3) is 5.91 Å². The zero-order valence-corrected chi connectivity index (χ0v) is 11.6. The van der Waals surface area contributed by atoms with Gasteiger partial charge in [-0.25, -0.2) is 0 Å². The van der Waals surface area contributed by atoms with Gasteiger partial charge in [-0.05, 0) is 29.8 Å². The van der Waals surface area contributed by atoms with Crippen LogP contribution in [0.2, 0.25) is 0 Å². The Hall–Kier alpha value is -2.16. The number of nitrogens with one attached hydrogen (secondary N) is 1. The molecule has 0 saturated heterocycles. The van der Waals surface area contributed by atoms with Crippen molar-refractivity contribution >= 4 is 17.2 Å². The number of hydrogen-bond donors (Lipinski definition) is 2. The molecule has 2 N–H and O–H groups in total. The van der Waals surface area contributed by atoms with E-state index in [4.69, 9.17) is 5.11 Å². The molecule has 0 aliphatic rings. The Labute approximate surface area is 121 Å². The van der Waals surface area contributed by atoms with Crippen LogP contribution in [0.3, 0.4) is 0 Å². The summed E-state index contributed by atoms with van der Waals surface area (Å²) in [6.07, 6.45) is 3.84. The van der Waals surface area contributed by atoms with Crippen LogP contribution in [-0.2, 0) is 6.54 Å². The summed E-state index contributed by atoms with van der Waals surface area (Å²) in [7, 11) is 0. The Balaban J connectivity index is 1.92. The summed E-state index contributed by atoms with van der Waals surface area (Å²) in [5.74, 6) is 5.64. The molecule has 2 aromatic rings. The van der Waals surface area contributed by atoms with Gasteiger partial charge >= 0.3 is 0 Å². The van der Waals surface area contributed by atoms with Gasteiger partial charge in [0.2, 0.25) is 0 Å². The van der Waals surface area contributed by atoms with Gasteiger partial charge in [-0.2, -0.15) is 0 Å². The lowest BCUT2D eigenvalue weighted by Gasteiger charge is -2.02. The summed E-state index contributed by atoms with van der Waals surface area (Å²) in [6.45, 7) is 0.530. The summed E-state index contributed by atoms with van der Waals surface area (Å²) >= 11 is 1.35. The molecular formula is C15H14N2O2S. The standard InChI is InChI=1S/C15H14N2O2S/c18-10-2-1-3-13-4-5-14(20-13)15(19)17-11-12-6-8-16-9-7-12/h4-9,18H,2,10-11H2,(H,17,19). The second kappa shape index (κ2) is 7.43. The third kappa shape index (κ3) is 4.19. The van der Waals surface area contributed by atoms with Crippen LogP contribution in [0.15, 0.2) is 36.7 Å². The highest BCUT2D eigenvalue weighted by Crippen LogP contribution is 2.15. The maximum atomic E-state index is 12.0. The highest BCUT2D eigenvalue weighted by molar-refractivity contribution is 7.14. The summed E-state index contributed by atoms with van der Waals surface area (Å²) < 4.78 is 0. The predicted octanol–water partition coefficient (Wildman–Crippen LogP) is 1.81. The van der Waals surface area contributed by atoms with E-state index in [1.54, 1.807) is 18.5 Å². The number of carbonyl (C=O) groups excluding carboxylic acids is 1. The van der Waals surface area contributed by atoms with Crippen LogP contribution < -0.4 is 5.32 Å². The fraction of sp³-hybridized carbons (Fsp3) is 0.200. The lowest BCUT2D eigenvalue weighted by Crippen LogP contribution is -2.21. The van der Waals surface area contributed by atoms with Crippen LogP contribution in [0.4, 0.5) is 0 Å². The van der Waals surface area contributed by atoms with E-state index in [0.717, 1.165) is 10.4 Å². The molecule has 0 aromatic carbocycles. The van der Waals surface area contributed by atoms with Gasteiger partial charge in [0.1, 0.15) is 0 Å². The van der Waals surface area contributed by atoms with E-state index in [0.29, 0.717) is 17.8 Å². The first-order valence-electron chi connectivity index (χ1n) is 6.16. The van der Waals surface area contributed by atoms with Crippen molar-refractivity contribution in [2.45, 2.75) is 13.0 Å². The Kier molecular flexibility index (Phi) is 5.30. The van der Waals surface area contributed by atoms with E-state index < -0.39 is 0 Å². The van der Waals surface area contributed by atoms with Crippen LogP contribution in [0.1, 0.15) is 26.5 Å². The highest BCUT2D eigenvalue weighted by Gasteiger charge is 2.07. The number of rotatable bonds is 4. The highest BCUT2D eigenvalue weighted by atomic mass is 32.1. The summed E-state index contributed by atoms with van der Waals surface area (Å²) in [6, 6.07) is 7.30. The lowest BCUT2D eigenvalue weighted by molar-refractivity contribution is 0.0955. The molecule has 0 spiro atoms. The molecule has 0 aliphatic carbocycles. The molecule has 2 aromatic heterocycles. The molecule has 2 heterocycles. The number of hydrogen-bond acceptors (Lipinski definition) is 4. The number of pyridine rings is 1. The molecule has 0 unspecified atom stereocenters. The smallest absolute Gasteiger partial charge is 0.261 e. The van der Waals surface area contributed by atoms with Crippen molar-refractivity contribution in [2.24, 2.45) is 0 Å². The Morgan fingerprint density at radius 3 is 2.85 bits per heavy atom. The lowest BCUT2D eigenvalue weighted by atomic mass is 10.2. The van der Waals surface area contributed by atoms with E-state index in [1.807, 2.05) is 18.2 Å². The van der Waals surface area contributed by atoms with E-state index in [-0.39, 0.29) is 12.5 Å². The maximum Gasteiger partial charge on any atom is 0.261 e. The van der Waals surface area contributed by atoms with Gasteiger partial charge in [-0.15, -0.1) is 11.3 Å². The van der Waals surface area contributed by atoms with Gasteiger partial charge in [0, 0.05) is 25.4 Å². The third-order valence-corrected chi connectivity index (χ3v) is 3.48. The minimum atomic E-state index is -0.109. The van der Waals surface area contributed by atoms with Gasteiger partial charge in [0.05, 0.1) is 16.4 Å². The first-order valence-corrected chi connectivity index (χ1v) is 6.98. The molecule has 20 heavy (non-hydrogen) atoms. The summed E-state index contributed by atoms with van der Waals surface area (Å²) in [5, 5.41) is 11.5. The van der Waals surface area contributed by atoms with Crippen molar-refractivity contribution in [1.29, 1.82) is 0 Å². The molecule has 5 heteroatoms.